The summed E-state index contributed by atoms with van der Waals surface area (Å²) < 4.78 is 16.8. The first-order chi connectivity index (χ1) is 9.38. The summed E-state index contributed by atoms with van der Waals surface area (Å²) in [5.41, 5.74) is 1.18. The normalized spacial score (nSPS) is 19.7. The lowest BCUT2D eigenvalue weighted by molar-refractivity contribution is -0.0472. The molecule has 2 rings (SSSR count). The second kappa shape index (κ2) is 8.35. The van der Waals surface area contributed by atoms with Crippen LogP contribution in [0.25, 0.3) is 0 Å². The van der Waals surface area contributed by atoms with Gasteiger partial charge in [-0.2, -0.15) is 0 Å². The Morgan fingerprint density at radius 2 is 2.37 bits per heavy atom. The summed E-state index contributed by atoms with van der Waals surface area (Å²) in [6, 6.07) is 2.06. The standard InChI is InChI=1S/C15H25NO3/c1-2-6-16-9-13-8-15(19-10-13)12-17-11-14-5-3-4-7-18-14/h8,10,14,16H,2-7,9,11-12H2,1H3. The molecule has 19 heavy (non-hydrogen) atoms. The topological polar surface area (TPSA) is 43.6 Å². The molecule has 0 saturated carbocycles. The van der Waals surface area contributed by atoms with Crippen molar-refractivity contribution in [2.45, 2.75) is 51.9 Å². The summed E-state index contributed by atoms with van der Waals surface area (Å²) >= 11 is 0. The van der Waals surface area contributed by atoms with Gasteiger partial charge in [0.2, 0.25) is 0 Å². The Morgan fingerprint density at radius 1 is 1.42 bits per heavy atom. The van der Waals surface area contributed by atoms with Gasteiger partial charge in [0.05, 0.1) is 19.0 Å². The quantitative estimate of drug-likeness (QED) is 0.736. The molecule has 1 fully saturated rings. The minimum absolute atomic E-state index is 0.273. The van der Waals surface area contributed by atoms with Gasteiger partial charge in [0, 0.05) is 18.7 Å². The lowest BCUT2D eigenvalue weighted by Gasteiger charge is -2.21. The van der Waals surface area contributed by atoms with Crippen LogP contribution in [0.3, 0.4) is 0 Å². The van der Waals surface area contributed by atoms with E-state index < -0.39 is 0 Å². The molecular formula is C15H25NO3. The minimum Gasteiger partial charge on any atom is -0.467 e. The second-order valence-electron chi connectivity index (χ2n) is 5.10. The molecule has 1 aliphatic heterocycles. The van der Waals surface area contributed by atoms with Crippen molar-refractivity contribution in [2.75, 3.05) is 19.8 Å². The Kier molecular flexibility index (Phi) is 6.41. The van der Waals surface area contributed by atoms with Gasteiger partial charge in [-0.3, -0.25) is 0 Å². The van der Waals surface area contributed by atoms with Crippen molar-refractivity contribution in [2.24, 2.45) is 0 Å². The molecule has 0 spiro atoms. The predicted octanol–water partition coefficient (Wildman–Crippen LogP) is 2.86. The van der Waals surface area contributed by atoms with Gasteiger partial charge in [-0.15, -0.1) is 0 Å². The van der Waals surface area contributed by atoms with E-state index in [9.17, 15) is 0 Å². The third kappa shape index (κ3) is 5.35. The van der Waals surface area contributed by atoms with E-state index in [1.54, 1.807) is 6.26 Å². The molecule has 0 aliphatic carbocycles. The molecule has 1 aromatic rings. The van der Waals surface area contributed by atoms with Crippen LogP contribution in [0.2, 0.25) is 0 Å². The summed E-state index contributed by atoms with van der Waals surface area (Å²) in [6.07, 6.45) is 6.78. The maximum atomic E-state index is 5.66. The number of hydrogen-bond acceptors (Lipinski definition) is 4. The third-order valence-electron chi connectivity index (χ3n) is 3.29. The zero-order chi connectivity index (χ0) is 13.3. The number of hydrogen-bond donors (Lipinski definition) is 1. The zero-order valence-electron chi connectivity index (χ0n) is 11.8. The zero-order valence-corrected chi connectivity index (χ0v) is 11.8. The van der Waals surface area contributed by atoms with E-state index in [1.807, 2.05) is 0 Å². The SMILES string of the molecule is CCCNCc1coc(COCC2CCCCO2)c1. The van der Waals surface area contributed by atoms with Gasteiger partial charge in [0.15, 0.2) is 0 Å². The Balaban J connectivity index is 1.62. The molecule has 1 unspecified atom stereocenters. The van der Waals surface area contributed by atoms with E-state index in [0.717, 1.165) is 38.3 Å². The van der Waals surface area contributed by atoms with E-state index in [0.29, 0.717) is 13.2 Å². The van der Waals surface area contributed by atoms with E-state index >= 15 is 0 Å². The molecule has 0 amide bonds. The van der Waals surface area contributed by atoms with Crippen molar-refractivity contribution < 1.29 is 13.9 Å². The number of nitrogens with one attached hydrogen (secondary N) is 1. The lowest BCUT2D eigenvalue weighted by atomic mass is 10.1. The van der Waals surface area contributed by atoms with Crippen molar-refractivity contribution in [3.8, 4) is 0 Å². The Morgan fingerprint density at radius 3 is 3.16 bits per heavy atom. The second-order valence-corrected chi connectivity index (χ2v) is 5.10. The first kappa shape index (κ1) is 14.6. The molecular weight excluding hydrogens is 242 g/mol. The smallest absolute Gasteiger partial charge is 0.129 e. The molecule has 1 aromatic heterocycles. The van der Waals surface area contributed by atoms with Crippen LogP contribution in [0.4, 0.5) is 0 Å². The average molecular weight is 267 g/mol. The predicted molar refractivity (Wildman–Crippen MR) is 74.0 cm³/mol. The summed E-state index contributed by atoms with van der Waals surface area (Å²) in [5, 5.41) is 3.35. The fraction of sp³-hybridized carbons (Fsp3) is 0.733. The number of rotatable bonds is 8. The van der Waals surface area contributed by atoms with Crippen molar-refractivity contribution in [1.82, 2.24) is 5.32 Å². The fourth-order valence-electron chi connectivity index (χ4n) is 2.23. The molecule has 1 N–H and O–H groups in total. The molecule has 0 aromatic carbocycles. The van der Waals surface area contributed by atoms with Gasteiger partial charge >= 0.3 is 0 Å². The van der Waals surface area contributed by atoms with Crippen LogP contribution >= 0.6 is 0 Å². The van der Waals surface area contributed by atoms with Crippen molar-refractivity contribution in [3.05, 3.63) is 23.7 Å². The van der Waals surface area contributed by atoms with Crippen LogP contribution in [-0.4, -0.2) is 25.9 Å². The van der Waals surface area contributed by atoms with E-state index in [1.165, 1.54) is 18.4 Å². The molecule has 108 valence electrons. The molecule has 1 saturated heterocycles. The van der Waals surface area contributed by atoms with Crippen LogP contribution in [0.15, 0.2) is 16.7 Å². The van der Waals surface area contributed by atoms with Gasteiger partial charge in [0.25, 0.3) is 0 Å². The summed E-state index contributed by atoms with van der Waals surface area (Å²) in [4.78, 5) is 0. The van der Waals surface area contributed by atoms with Crippen LogP contribution in [0.1, 0.15) is 43.9 Å². The van der Waals surface area contributed by atoms with Crippen LogP contribution in [-0.2, 0) is 22.6 Å². The van der Waals surface area contributed by atoms with Crippen LogP contribution in [0.5, 0.6) is 0 Å². The Bertz CT molecular complexity index is 345. The van der Waals surface area contributed by atoms with E-state index in [2.05, 4.69) is 18.3 Å². The summed E-state index contributed by atoms with van der Waals surface area (Å²) in [6.45, 7) is 6.15. The Hall–Kier alpha value is -0.840. The first-order valence-electron chi connectivity index (χ1n) is 7.35. The first-order valence-corrected chi connectivity index (χ1v) is 7.35. The molecule has 1 atom stereocenters. The minimum atomic E-state index is 0.273. The lowest BCUT2D eigenvalue weighted by Crippen LogP contribution is -2.24. The van der Waals surface area contributed by atoms with E-state index in [-0.39, 0.29) is 6.10 Å². The largest absolute Gasteiger partial charge is 0.467 e. The van der Waals surface area contributed by atoms with Gasteiger partial charge in [-0.05, 0) is 38.3 Å². The maximum Gasteiger partial charge on any atom is 0.129 e. The highest BCUT2D eigenvalue weighted by Crippen LogP contribution is 2.14. The van der Waals surface area contributed by atoms with Crippen molar-refractivity contribution in [1.29, 1.82) is 0 Å². The van der Waals surface area contributed by atoms with Crippen LogP contribution < -0.4 is 5.32 Å². The number of ether oxygens (including phenoxy) is 2. The highest BCUT2D eigenvalue weighted by molar-refractivity contribution is 5.11. The monoisotopic (exact) mass is 267 g/mol. The van der Waals surface area contributed by atoms with Gasteiger partial charge < -0.3 is 19.2 Å². The summed E-state index contributed by atoms with van der Waals surface area (Å²) in [5.74, 6) is 0.893. The molecule has 1 aliphatic rings. The van der Waals surface area contributed by atoms with Gasteiger partial charge in [-0.25, -0.2) is 0 Å². The van der Waals surface area contributed by atoms with Crippen molar-refractivity contribution in [3.63, 3.8) is 0 Å². The van der Waals surface area contributed by atoms with Crippen LogP contribution in [0, 0.1) is 0 Å². The fourth-order valence-corrected chi connectivity index (χ4v) is 2.23. The Labute approximate surface area is 115 Å². The summed E-state index contributed by atoms with van der Waals surface area (Å²) in [7, 11) is 0. The molecule has 0 bridgehead atoms. The molecule has 4 nitrogen and oxygen atoms in total. The average Bonchev–Trinajstić information content (AvgIpc) is 2.88. The highest BCUT2D eigenvalue weighted by Gasteiger charge is 2.14. The van der Waals surface area contributed by atoms with Gasteiger partial charge in [0.1, 0.15) is 12.4 Å². The third-order valence-corrected chi connectivity index (χ3v) is 3.29. The number of furan rings is 1. The highest BCUT2D eigenvalue weighted by atomic mass is 16.5. The maximum absolute atomic E-state index is 5.66. The molecule has 2 heterocycles. The molecule has 4 heteroatoms. The molecule has 0 radical (unpaired) electrons. The van der Waals surface area contributed by atoms with Crippen molar-refractivity contribution >= 4 is 0 Å². The van der Waals surface area contributed by atoms with E-state index in [4.69, 9.17) is 13.9 Å². The van der Waals surface area contributed by atoms with Gasteiger partial charge in [-0.1, -0.05) is 6.92 Å².